The van der Waals surface area contributed by atoms with Gasteiger partial charge in [-0.25, -0.2) is 9.18 Å². The molecule has 0 heterocycles. The molecule has 0 aliphatic heterocycles. The molecule has 5 heteroatoms. The molecule has 2 aromatic carbocycles. The molecule has 2 aromatic rings. The third-order valence-electron chi connectivity index (χ3n) is 3.03. The standard InChI is InChI=1S/C16H15FO4/c1-10-7-12(14(18)16(19)20)8-13(17)15(10)21-9-11-5-3-2-4-6-11/h2-8,14,18H,9H2,1H3,(H,19,20). The zero-order valence-electron chi connectivity index (χ0n) is 11.4. The Hall–Kier alpha value is -2.40. The highest BCUT2D eigenvalue weighted by Crippen LogP contribution is 2.27. The molecule has 0 spiro atoms. The van der Waals surface area contributed by atoms with Gasteiger partial charge in [-0.1, -0.05) is 30.3 Å². The Morgan fingerprint density at radius 2 is 1.95 bits per heavy atom. The van der Waals surface area contributed by atoms with Gasteiger partial charge in [-0.15, -0.1) is 0 Å². The van der Waals surface area contributed by atoms with Crippen molar-refractivity contribution in [1.82, 2.24) is 0 Å². The number of carboxylic acid groups (broad SMARTS) is 1. The summed E-state index contributed by atoms with van der Waals surface area (Å²) in [5.74, 6) is -2.06. The van der Waals surface area contributed by atoms with E-state index in [1.54, 1.807) is 6.92 Å². The van der Waals surface area contributed by atoms with Crippen LogP contribution in [0.25, 0.3) is 0 Å². The third-order valence-corrected chi connectivity index (χ3v) is 3.03. The van der Waals surface area contributed by atoms with Gasteiger partial charge in [0.2, 0.25) is 0 Å². The Labute approximate surface area is 121 Å². The predicted octanol–water partition coefficient (Wildman–Crippen LogP) is 2.83. The average Bonchev–Trinajstić information content (AvgIpc) is 2.46. The average molecular weight is 290 g/mol. The van der Waals surface area contributed by atoms with Crippen molar-refractivity contribution >= 4 is 5.97 Å². The van der Waals surface area contributed by atoms with Crippen LogP contribution in [0.5, 0.6) is 5.75 Å². The van der Waals surface area contributed by atoms with E-state index in [1.165, 1.54) is 6.07 Å². The second-order valence-corrected chi connectivity index (χ2v) is 4.66. The molecule has 0 aliphatic carbocycles. The maximum absolute atomic E-state index is 14.0. The van der Waals surface area contributed by atoms with Crippen molar-refractivity contribution in [3.8, 4) is 5.75 Å². The molecule has 0 fully saturated rings. The van der Waals surface area contributed by atoms with Gasteiger partial charge in [0.1, 0.15) is 6.61 Å². The fourth-order valence-electron chi connectivity index (χ4n) is 1.97. The Bertz CT molecular complexity index is 617. The summed E-state index contributed by atoms with van der Waals surface area (Å²) in [6.45, 7) is 1.81. The van der Waals surface area contributed by atoms with Gasteiger partial charge in [-0.05, 0) is 35.7 Å². The summed E-state index contributed by atoms with van der Waals surface area (Å²) < 4.78 is 19.5. The van der Waals surface area contributed by atoms with E-state index < -0.39 is 17.9 Å². The molecule has 0 aliphatic rings. The zero-order valence-corrected chi connectivity index (χ0v) is 11.4. The second kappa shape index (κ2) is 6.37. The summed E-state index contributed by atoms with van der Waals surface area (Å²) in [6, 6.07) is 11.7. The Balaban J connectivity index is 2.19. The SMILES string of the molecule is Cc1cc(C(O)C(=O)O)cc(F)c1OCc1ccccc1. The molecule has 0 bridgehead atoms. The van der Waals surface area contributed by atoms with Crippen molar-refractivity contribution in [2.75, 3.05) is 0 Å². The second-order valence-electron chi connectivity index (χ2n) is 4.66. The summed E-state index contributed by atoms with van der Waals surface area (Å²) >= 11 is 0. The molecule has 2 N–H and O–H groups in total. The van der Waals surface area contributed by atoms with Crippen molar-refractivity contribution in [2.45, 2.75) is 19.6 Å². The van der Waals surface area contributed by atoms with Crippen LogP contribution in [0.4, 0.5) is 4.39 Å². The van der Waals surface area contributed by atoms with Crippen LogP contribution < -0.4 is 4.74 Å². The zero-order chi connectivity index (χ0) is 15.4. The van der Waals surface area contributed by atoms with Crippen LogP contribution >= 0.6 is 0 Å². The number of aliphatic hydroxyl groups excluding tert-OH is 1. The maximum atomic E-state index is 14.0. The van der Waals surface area contributed by atoms with Crippen LogP contribution in [-0.4, -0.2) is 16.2 Å². The Morgan fingerprint density at radius 1 is 1.29 bits per heavy atom. The highest BCUT2D eigenvalue weighted by atomic mass is 19.1. The fraction of sp³-hybridized carbons (Fsp3) is 0.188. The Morgan fingerprint density at radius 3 is 2.52 bits per heavy atom. The topological polar surface area (TPSA) is 66.8 Å². The van der Waals surface area contributed by atoms with Crippen LogP contribution in [0.15, 0.2) is 42.5 Å². The lowest BCUT2D eigenvalue weighted by atomic mass is 10.1. The van der Waals surface area contributed by atoms with Crippen LogP contribution in [0.2, 0.25) is 0 Å². The lowest BCUT2D eigenvalue weighted by Crippen LogP contribution is -2.11. The fourth-order valence-corrected chi connectivity index (χ4v) is 1.97. The van der Waals surface area contributed by atoms with E-state index in [2.05, 4.69) is 0 Å². The number of aliphatic hydroxyl groups is 1. The smallest absolute Gasteiger partial charge is 0.337 e. The van der Waals surface area contributed by atoms with E-state index in [-0.39, 0.29) is 17.9 Å². The highest BCUT2D eigenvalue weighted by molar-refractivity contribution is 5.74. The molecule has 1 unspecified atom stereocenters. The van der Waals surface area contributed by atoms with E-state index >= 15 is 0 Å². The lowest BCUT2D eigenvalue weighted by molar-refractivity contribution is -0.146. The number of halogens is 1. The molecule has 2 rings (SSSR count). The van der Waals surface area contributed by atoms with Crippen LogP contribution in [0.1, 0.15) is 22.8 Å². The summed E-state index contributed by atoms with van der Waals surface area (Å²) in [5.41, 5.74) is 1.32. The first-order valence-electron chi connectivity index (χ1n) is 6.36. The summed E-state index contributed by atoms with van der Waals surface area (Å²) in [7, 11) is 0. The highest BCUT2D eigenvalue weighted by Gasteiger charge is 2.19. The molecule has 21 heavy (non-hydrogen) atoms. The van der Waals surface area contributed by atoms with Gasteiger partial charge in [-0.3, -0.25) is 0 Å². The number of carboxylic acids is 1. The minimum Gasteiger partial charge on any atom is -0.486 e. The number of benzene rings is 2. The summed E-state index contributed by atoms with van der Waals surface area (Å²) in [4.78, 5) is 10.7. The molecule has 0 saturated heterocycles. The molecular weight excluding hydrogens is 275 g/mol. The van der Waals surface area contributed by atoms with Crippen molar-refractivity contribution in [3.05, 3.63) is 65.0 Å². The van der Waals surface area contributed by atoms with Crippen molar-refractivity contribution < 1.29 is 24.1 Å². The van der Waals surface area contributed by atoms with E-state index in [9.17, 15) is 14.3 Å². The lowest BCUT2D eigenvalue weighted by Gasteiger charge is -2.13. The largest absolute Gasteiger partial charge is 0.486 e. The maximum Gasteiger partial charge on any atom is 0.337 e. The number of aliphatic carboxylic acids is 1. The summed E-state index contributed by atoms with van der Waals surface area (Å²) in [6.07, 6.45) is -1.75. The number of ether oxygens (including phenoxy) is 1. The summed E-state index contributed by atoms with van der Waals surface area (Å²) in [5, 5.41) is 18.2. The molecule has 0 saturated carbocycles. The van der Waals surface area contributed by atoms with Gasteiger partial charge < -0.3 is 14.9 Å². The third kappa shape index (κ3) is 3.58. The van der Waals surface area contributed by atoms with Crippen LogP contribution in [0.3, 0.4) is 0 Å². The first-order chi connectivity index (χ1) is 9.99. The molecule has 0 radical (unpaired) electrons. The van der Waals surface area contributed by atoms with Gasteiger partial charge in [0.15, 0.2) is 17.7 Å². The number of hydrogen-bond donors (Lipinski definition) is 2. The van der Waals surface area contributed by atoms with E-state index in [0.29, 0.717) is 5.56 Å². The molecule has 0 aromatic heterocycles. The first-order valence-corrected chi connectivity index (χ1v) is 6.36. The van der Waals surface area contributed by atoms with Crippen molar-refractivity contribution in [2.24, 2.45) is 0 Å². The molecule has 4 nitrogen and oxygen atoms in total. The van der Waals surface area contributed by atoms with Gasteiger partial charge in [0.25, 0.3) is 0 Å². The van der Waals surface area contributed by atoms with E-state index in [0.717, 1.165) is 11.6 Å². The number of aryl methyl sites for hydroxylation is 1. The monoisotopic (exact) mass is 290 g/mol. The van der Waals surface area contributed by atoms with Crippen LogP contribution in [0, 0.1) is 12.7 Å². The Kier molecular flexibility index (Phi) is 4.55. The minimum absolute atomic E-state index is 0.00967. The molecule has 110 valence electrons. The first kappa shape index (κ1) is 15.0. The van der Waals surface area contributed by atoms with E-state index in [4.69, 9.17) is 9.84 Å². The van der Waals surface area contributed by atoms with Gasteiger partial charge in [-0.2, -0.15) is 0 Å². The van der Waals surface area contributed by atoms with Crippen molar-refractivity contribution in [1.29, 1.82) is 0 Å². The molecule has 1 atom stereocenters. The molecular formula is C16H15FO4. The van der Waals surface area contributed by atoms with Gasteiger partial charge in [0.05, 0.1) is 0 Å². The van der Waals surface area contributed by atoms with E-state index in [1.807, 2.05) is 30.3 Å². The van der Waals surface area contributed by atoms with Gasteiger partial charge >= 0.3 is 5.97 Å². The van der Waals surface area contributed by atoms with Crippen molar-refractivity contribution in [3.63, 3.8) is 0 Å². The number of rotatable bonds is 5. The van der Waals surface area contributed by atoms with Gasteiger partial charge in [0, 0.05) is 0 Å². The quantitative estimate of drug-likeness (QED) is 0.888. The minimum atomic E-state index is -1.75. The predicted molar refractivity (Wildman–Crippen MR) is 74.5 cm³/mol. The molecule has 0 amide bonds. The number of hydrogen-bond acceptors (Lipinski definition) is 3. The van der Waals surface area contributed by atoms with Crippen LogP contribution in [-0.2, 0) is 11.4 Å². The normalized spacial score (nSPS) is 12.0. The number of carbonyl (C=O) groups is 1.